The second-order valence-electron chi connectivity index (χ2n) is 4.82. The van der Waals surface area contributed by atoms with Gasteiger partial charge in [-0.25, -0.2) is 9.97 Å². The van der Waals surface area contributed by atoms with Gasteiger partial charge in [0.05, 0.1) is 6.10 Å². The maximum Gasteiger partial charge on any atom is 0.218 e. The lowest BCUT2D eigenvalue weighted by Crippen LogP contribution is -2.13. The first-order valence-electron chi connectivity index (χ1n) is 6.54. The third-order valence-electron chi connectivity index (χ3n) is 2.58. The molecule has 0 aliphatic carbocycles. The molecule has 1 unspecified atom stereocenters. The Hall–Kier alpha value is -1.36. The molecular formula is C13H24N4O. The van der Waals surface area contributed by atoms with Crippen LogP contribution in [-0.2, 0) is 0 Å². The Kier molecular flexibility index (Phi) is 6.43. The van der Waals surface area contributed by atoms with E-state index in [1.54, 1.807) is 0 Å². The Morgan fingerprint density at radius 3 is 2.78 bits per heavy atom. The smallest absolute Gasteiger partial charge is 0.218 e. The van der Waals surface area contributed by atoms with Crippen LogP contribution in [0.4, 0.5) is 5.82 Å². The van der Waals surface area contributed by atoms with E-state index in [1.165, 1.54) is 6.33 Å². The maximum absolute atomic E-state index is 5.57. The Bertz CT molecular complexity index is 344. The van der Waals surface area contributed by atoms with Crippen molar-refractivity contribution in [3.05, 3.63) is 12.4 Å². The molecule has 0 bridgehead atoms. The van der Waals surface area contributed by atoms with E-state index in [0.717, 1.165) is 31.7 Å². The first kappa shape index (κ1) is 14.7. The highest BCUT2D eigenvalue weighted by Crippen LogP contribution is 2.12. The molecule has 0 spiro atoms. The number of nitrogens with zero attached hydrogens (tertiary/aromatic N) is 2. The van der Waals surface area contributed by atoms with E-state index in [-0.39, 0.29) is 6.10 Å². The third-order valence-corrected chi connectivity index (χ3v) is 2.58. The van der Waals surface area contributed by atoms with Crippen molar-refractivity contribution >= 4 is 5.82 Å². The highest BCUT2D eigenvalue weighted by Gasteiger charge is 2.02. The predicted octanol–water partition coefficient (Wildman–Crippen LogP) is 2.05. The maximum atomic E-state index is 5.57. The summed E-state index contributed by atoms with van der Waals surface area (Å²) in [6.45, 7) is 7.76. The number of ether oxygens (including phenoxy) is 1. The van der Waals surface area contributed by atoms with Gasteiger partial charge in [-0.1, -0.05) is 6.92 Å². The molecule has 18 heavy (non-hydrogen) atoms. The minimum atomic E-state index is 0.123. The summed E-state index contributed by atoms with van der Waals surface area (Å²) < 4.78 is 5.51. The molecule has 0 radical (unpaired) electrons. The van der Waals surface area contributed by atoms with Crippen molar-refractivity contribution in [2.24, 2.45) is 11.7 Å². The zero-order chi connectivity index (χ0) is 13.4. The van der Waals surface area contributed by atoms with Gasteiger partial charge in [-0.15, -0.1) is 0 Å². The number of aromatic nitrogens is 2. The number of hydrogen-bond acceptors (Lipinski definition) is 5. The van der Waals surface area contributed by atoms with Crippen molar-refractivity contribution in [1.29, 1.82) is 0 Å². The molecule has 0 amide bonds. The van der Waals surface area contributed by atoms with Crippen LogP contribution in [0.15, 0.2) is 12.4 Å². The SMILES string of the molecule is CC(CN)CCCNc1cc(OC(C)C)ncn1. The summed E-state index contributed by atoms with van der Waals surface area (Å²) >= 11 is 0. The van der Waals surface area contributed by atoms with E-state index < -0.39 is 0 Å². The predicted molar refractivity (Wildman–Crippen MR) is 73.7 cm³/mol. The van der Waals surface area contributed by atoms with Crippen LogP contribution in [0.3, 0.4) is 0 Å². The van der Waals surface area contributed by atoms with Gasteiger partial charge in [0.25, 0.3) is 0 Å². The summed E-state index contributed by atoms with van der Waals surface area (Å²) in [5.41, 5.74) is 5.57. The number of rotatable bonds is 8. The van der Waals surface area contributed by atoms with Gasteiger partial charge in [0.2, 0.25) is 5.88 Å². The second kappa shape index (κ2) is 7.87. The molecule has 5 heteroatoms. The molecule has 5 nitrogen and oxygen atoms in total. The average molecular weight is 252 g/mol. The summed E-state index contributed by atoms with van der Waals surface area (Å²) in [7, 11) is 0. The molecule has 1 heterocycles. The Balaban J connectivity index is 2.33. The monoisotopic (exact) mass is 252 g/mol. The summed E-state index contributed by atoms with van der Waals surface area (Å²) in [6.07, 6.45) is 3.85. The Morgan fingerprint density at radius 1 is 1.33 bits per heavy atom. The Morgan fingerprint density at radius 2 is 2.11 bits per heavy atom. The van der Waals surface area contributed by atoms with Gasteiger partial charge < -0.3 is 15.8 Å². The first-order chi connectivity index (χ1) is 8.61. The molecule has 0 saturated heterocycles. The minimum absolute atomic E-state index is 0.123. The van der Waals surface area contributed by atoms with Crippen LogP contribution in [0, 0.1) is 5.92 Å². The normalized spacial score (nSPS) is 12.5. The van der Waals surface area contributed by atoms with Gasteiger partial charge >= 0.3 is 0 Å². The van der Waals surface area contributed by atoms with Crippen molar-refractivity contribution in [2.45, 2.75) is 39.7 Å². The number of hydrogen-bond donors (Lipinski definition) is 2. The summed E-state index contributed by atoms with van der Waals surface area (Å²) in [5, 5.41) is 3.27. The van der Waals surface area contributed by atoms with Crippen molar-refractivity contribution in [2.75, 3.05) is 18.4 Å². The molecule has 0 aromatic carbocycles. The fraction of sp³-hybridized carbons (Fsp3) is 0.692. The molecule has 1 aromatic heterocycles. The zero-order valence-electron chi connectivity index (χ0n) is 11.5. The van der Waals surface area contributed by atoms with Crippen molar-refractivity contribution in [3.8, 4) is 5.88 Å². The van der Waals surface area contributed by atoms with Gasteiger partial charge in [-0.05, 0) is 39.2 Å². The fourth-order valence-electron chi connectivity index (χ4n) is 1.53. The van der Waals surface area contributed by atoms with E-state index in [9.17, 15) is 0 Å². The molecule has 0 aliphatic rings. The summed E-state index contributed by atoms with van der Waals surface area (Å²) in [6, 6.07) is 1.83. The topological polar surface area (TPSA) is 73.1 Å². The minimum Gasteiger partial charge on any atom is -0.475 e. The van der Waals surface area contributed by atoms with Crippen LogP contribution in [0.2, 0.25) is 0 Å². The van der Waals surface area contributed by atoms with Crippen molar-refractivity contribution in [3.63, 3.8) is 0 Å². The molecule has 0 fully saturated rings. The van der Waals surface area contributed by atoms with E-state index in [2.05, 4.69) is 22.2 Å². The van der Waals surface area contributed by atoms with Gasteiger partial charge in [0.15, 0.2) is 0 Å². The standard InChI is InChI=1S/C13H24N4O/c1-10(2)18-13-7-12(16-9-17-13)15-6-4-5-11(3)8-14/h7,9-11H,4-6,8,14H2,1-3H3,(H,15,16,17). The van der Waals surface area contributed by atoms with E-state index in [4.69, 9.17) is 10.5 Å². The summed E-state index contributed by atoms with van der Waals surface area (Å²) in [4.78, 5) is 8.22. The van der Waals surface area contributed by atoms with Crippen molar-refractivity contribution in [1.82, 2.24) is 9.97 Å². The number of nitrogens with two attached hydrogens (primary N) is 1. The third kappa shape index (κ3) is 5.82. The zero-order valence-corrected chi connectivity index (χ0v) is 11.5. The quantitative estimate of drug-likeness (QED) is 0.693. The molecule has 1 rings (SSSR count). The van der Waals surface area contributed by atoms with Crippen LogP contribution >= 0.6 is 0 Å². The lowest BCUT2D eigenvalue weighted by Gasteiger charge is -2.11. The van der Waals surface area contributed by atoms with Gasteiger partial charge in [0.1, 0.15) is 12.1 Å². The van der Waals surface area contributed by atoms with Gasteiger partial charge in [0, 0.05) is 12.6 Å². The van der Waals surface area contributed by atoms with E-state index in [0.29, 0.717) is 11.8 Å². The fourth-order valence-corrected chi connectivity index (χ4v) is 1.53. The van der Waals surface area contributed by atoms with Crippen LogP contribution in [0.25, 0.3) is 0 Å². The highest BCUT2D eigenvalue weighted by molar-refractivity contribution is 5.36. The van der Waals surface area contributed by atoms with Gasteiger partial charge in [-0.3, -0.25) is 0 Å². The van der Waals surface area contributed by atoms with E-state index >= 15 is 0 Å². The van der Waals surface area contributed by atoms with Crippen LogP contribution in [0.1, 0.15) is 33.6 Å². The number of nitrogens with one attached hydrogen (secondary N) is 1. The lowest BCUT2D eigenvalue weighted by atomic mass is 10.1. The van der Waals surface area contributed by atoms with Gasteiger partial charge in [-0.2, -0.15) is 0 Å². The lowest BCUT2D eigenvalue weighted by molar-refractivity contribution is 0.232. The molecule has 0 aliphatic heterocycles. The first-order valence-corrected chi connectivity index (χ1v) is 6.54. The molecule has 0 saturated carbocycles. The Labute approximate surface area is 109 Å². The average Bonchev–Trinajstić information content (AvgIpc) is 2.34. The summed E-state index contributed by atoms with van der Waals surface area (Å²) in [5.74, 6) is 2.00. The molecular weight excluding hydrogens is 228 g/mol. The second-order valence-corrected chi connectivity index (χ2v) is 4.82. The highest BCUT2D eigenvalue weighted by atomic mass is 16.5. The van der Waals surface area contributed by atoms with Crippen LogP contribution in [0.5, 0.6) is 5.88 Å². The molecule has 1 aromatic rings. The van der Waals surface area contributed by atoms with Crippen molar-refractivity contribution < 1.29 is 4.74 Å². The molecule has 1 atom stereocenters. The van der Waals surface area contributed by atoms with E-state index in [1.807, 2.05) is 19.9 Å². The largest absolute Gasteiger partial charge is 0.475 e. The number of anilines is 1. The van der Waals surface area contributed by atoms with Crippen LogP contribution in [-0.4, -0.2) is 29.2 Å². The molecule has 102 valence electrons. The molecule has 3 N–H and O–H groups in total. The van der Waals surface area contributed by atoms with Crippen LogP contribution < -0.4 is 15.8 Å².